The molecule has 0 bridgehead atoms. The highest BCUT2D eigenvalue weighted by Crippen LogP contribution is 2.23. The van der Waals surface area contributed by atoms with Gasteiger partial charge in [0.05, 0.1) is 19.3 Å². The fraction of sp³-hybridized carbons (Fsp3) is 1.00. The summed E-state index contributed by atoms with van der Waals surface area (Å²) in [5, 5.41) is 0. The summed E-state index contributed by atoms with van der Waals surface area (Å²) < 4.78 is 11.6. The first-order chi connectivity index (χ1) is 9.87. The van der Waals surface area contributed by atoms with Gasteiger partial charge in [0.2, 0.25) is 0 Å². The van der Waals surface area contributed by atoms with Gasteiger partial charge in [-0.25, -0.2) is 0 Å². The molecule has 1 heterocycles. The van der Waals surface area contributed by atoms with Crippen LogP contribution in [0.25, 0.3) is 0 Å². The first-order valence-electron chi connectivity index (χ1n) is 8.78. The topological polar surface area (TPSA) is 21.7 Å². The molecule has 1 atom stereocenters. The second kappa shape index (κ2) is 9.81. The Hall–Kier alpha value is -0.120. The van der Waals surface area contributed by atoms with E-state index in [4.69, 9.17) is 9.47 Å². The number of morpholine rings is 1. The monoisotopic (exact) mass is 299 g/mol. The van der Waals surface area contributed by atoms with E-state index in [1.165, 1.54) is 25.7 Å². The fourth-order valence-corrected chi connectivity index (χ4v) is 2.63. The highest BCUT2D eigenvalue weighted by molar-refractivity contribution is 4.72. The number of ether oxygens (including phenoxy) is 2. The van der Waals surface area contributed by atoms with E-state index in [1.807, 2.05) is 0 Å². The lowest BCUT2D eigenvalue weighted by Gasteiger charge is -2.33. The zero-order chi connectivity index (χ0) is 15.7. The molecule has 21 heavy (non-hydrogen) atoms. The average Bonchev–Trinajstić information content (AvgIpc) is 2.37. The van der Waals surface area contributed by atoms with Crippen LogP contribution in [-0.2, 0) is 9.47 Å². The van der Waals surface area contributed by atoms with E-state index in [2.05, 4.69) is 39.5 Å². The lowest BCUT2D eigenvalue weighted by Crippen LogP contribution is -2.43. The maximum atomic E-state index is 5.90. The van der Waals surface area contributed by atoms with Crippen molar-refractivity contribution in [2.24, 2.45) is 11.3 Å². The van der Waals surface area contributed by atoms with Gasteiger partial charge in [-0.15, -0.1) is 0 Å². The van der Waals surface area contributed by atoms with Gasteiger partial charge in [0.1, 0.15) is 0 Å². The molecule has 0 aliphatic carbocycles. The summed E-state index contributed by atoms with van der Waals surface area (Å²) in [5.74, 6) is 0.737. The molecular formula is C18H37NO2. The Labute approximate surface area is 132 Å². The van der Waals surface area contributed by atoms with Gasteiger partial charge in [0.15, 0.2) is 0 Å². The quantitative estimate of drug-likeness (QED) is 0.601. The minimum atomic E-state index is 0.428. The van der Waals surface area contributed by atoms with Crippen LogP contribution in [0.15, 0.2) is 0 Å². The molecule has 1 aliphatic rings. The maximum Gasteiger partial charge on any atom is 0.0702 e. The Bertz CT molecular complexity index is 260. The summed E-state index contributed by atoms with van der Waals surface area (Å²) >= 11 is 0. The number of hydrogen-bond donors (Lipinski definition) is 0. The maximum absolute atomic E-state index is 5.90. The van der Waals surface area contributed by atoms with Crippen LogP contribution in [0.2, 0.25) is 0 Å². The molecule has 0 aromatic heterocycles. The van der Waals surface area contributed by atoms with Gasteiger partial charge < -0.3 is 9.47 Å². The molecule has 0 aromatic carbocycles. The van der Waals surface area contributed by atoms with Gasteiger partial charge in [0, 0.05) is 26.2 Å². The number of hydrogen-bond acceptors (Lipinski definition) is 3. The second-order valence-electron chi connectivity index (χ2n) is 8.04. The smallest absolute Gasteiger partial charge is 0.0702 e. The molecule has 0 amide bonds. The summed E-state index contributed by atoms with van der Waals surface area (Å²) in [6.45, 7) is 17.3. The van der Waals surface area contributed by atoms with Crippen molar-refractivity contribution in [3.63, 3.8) is 0 Å². The summed E-state index contributed by atoms with van der Waals surface area (Å²) in [4.78, 5) is 2.50. The largest absolute Gasteiger partial charge is 0.380 e. The lowest BCUT2D eigenvalue weighted by atomic mass is 9.89. The number of rotatable bonds is 9. The van der Waals surface area contributed by atoms with Crippen LogP contribution >= 0.6 is 0 Å². The average molecular weight is 299 g/mol. The van der Waals surface area contributed by atoms with Crippen molar-refractivity contribution in [1.82, 2.24) is 4.90 Å². The highest BCUT2D eigenvalue weighted by Gasteiger charge is 2.20. The van der Waals surface area contributed by atoms with Crippen LogP contribution in [0.1, 0.15) is 60.3 Å². The van der Waals surface area contributed by atoms with Crippen LogP contribution < -0.4 is 0 Å². The summed E-state index contributed by atoms with van der Waals surface area (Å²) in [7, 11) is 0. The first-order valence-corrected chi connectivity index (χ1v) is 8.78. The molecule has 1 fully saturated rings. The van der Waals surface area contributed by atoms with E-state index in [1.54, 1.807) is 0 Å². The van der Waals surface area contributed by atoms with Gasteiger partial charge in [-0.3, -0.25) is 4.90 Å². The van der Waals surface area contributed by atoms with Crippen LogP contribution in [0, 0.1) is 11.3 Å². The van der Waals surface area contributed by atoms with Crippen molar-refractivity contribution in [1.29, 1.82) is 0 Å². The molecule has 0 unspecified atom stereocenters. The van der Waals surface area contributed by atoms with E-state index in [9.17, 15) is 0 Å². The first kappa shape index (κ1) is 18.9. The second-order valence-corrected chi connectivity index (χ2v) is 8.04. The Morgan fingerprint density at radius 3 is 2.67 bits per heavy atom. The molecule has 0 N–H and O–H groups in total. The minimum Gasteiger partial charge on any atom is -0.380 e. The van der Waals surface area contributed by atoms with Gasteiger partial charge in [-0.1, -0.05) is 41.0 Å². The molecule has 3 nitrogen and oxygen atoms in total. The van der Waals surface area contributed by atoms with E-state index in [0.29, 0.717) is 11.5 Å². The highest BCUT2D eigenvalue weighted by atomic mass is 16.5. The molecule has 0 aromatic rings. The predicted molar refractivity (Wildman–Crippen MR) is 89.8 cm³/mol. The molecule has 0 radical (unpaired) electrons. The third kappa shape index (κ3) is 10.3. The van der Waals surface area contributed by atoms with Gasteiger partial charge in [0.25, 0.3) is 0 Å². The minimum absolute atomic E-state index is 0.428. The molecule has 126 valence electrons. The van der Waals surface area contributed by atoms with Crippen LogP contribution in [0.5, 0.6) is 0 Å². The van der Waals surface area contributed by atoms with Crippen LogP contribution in [0.3, 0.4) is 0 Å². The zero-order valence-corrected chi connectivity index (χ0v) is 15.0. The van der Waals surface area contributed by atoms with Crippen LogP contribution in [-0.4, -0.2) is 50.5 Å². The summed E-state index contributed by atoms with van der Waals surface area (Å²) in [6, 6.07) is 0. The van der Waals surface area contributed by atoms with E-state index in [0.717, 1.165) is 45.4 Å². The Morgan fingerprint density at radius 1 is 1.24 bits per heavy atom. The van der Waals surface area contributed by atoms with Crippen LogP contribution in [0.4, 0.5) is 0 Å². The molecule has 0 spiro atoms. The molecule has 3 heteroatoms. The van der Waals surface area contributed by atoms with E-state index in [-0.39, 0.29) is 0 Å². The molecule has 0 saturated carbocycles. The SMILES string of the molecule is CC(C)CCOCCN1CCO[C@@H](CCCC(C)(C)C)C1. The third-order valence-corrected chi connectivity index (χ3v) is 4.07. The third-order valence-electron chi connectivity index (χ3n) is 4.07. The number of nitrogens with zero attached hydrogens (tertiary/aromatic N) is 1. The van der Waals surface area contributed by atoms with Gasteiger partial charge >= 0.3 is 0 Å². The van der Waals surface area contributed by atoms with Crippen molar-refractivity contribution < 1.29 is 9.47 Å². The molecule has 1 rings (SSSR count). The van der Waals surface area contributed by atoms with Crippen molar-refractivity contribution >= 4 is 0 Å². The van der Waals surface area contributed by atoms with Crippen molar-refractivity contribution in [2.45, 2.75) is 66.4 Å². The molecular weight excluding hydrogens is 262 g/mol. The van der Waals surface area contributed by atoms with E-state index < -0.39 is 0 Å². The standard InChI is InChI=1S/C18H37NO2/c1-16(2)8-12-20-13-10-19-11-14-21-17(15-19)7-6-9-18(3,4)5/h16-17H,6-15H2,1-5H3/t17-/m0/s1. The normalized spacial score (nSPS) is 21.1. The molecule has 1 saturated heterocycles. The van der Waals surface area contributed by atoms with E-state index >= 15 is 0 Å². The van der Waals surface area contributed by atoms with Gasteiger partial charge in [-0.2, -0.15) is 0 Å². The zero-order valence-electron chi connectivity index (χ0n) is 15.0. The summed E-state index contributed by atoms with van der Waals surface area (Å²) in [5.41, 5.74) is 0.443. The fourth-order valence-electron chi connectivity index (χ4n) is 2.63. The van der Waals surface area contributed by atoms with Crippen molar-refractivity contribution in [2.75, 3.05) is 39.5 Å². The van der Waals surface area contributed by atoms with Gasteiger partial charge in [-0.05, 0) is 30.6 Å². The predicted octanol–water partition coefficient (Wildman–Crippen LogP) is 3.97. The summed E-state index contributed by atoms with van der Waals surface area (Å²) in [6.07, 6.45) is 5.34. The lowest BCUT2D eigenvalue weighted by molar-refractivity contribution is -0.0411. The van der Waals surface area contributed by atoms with Crippen molar-refractivity contribution in [3.8, 4) is 0 Å². The van der Waals surface area contributed by atoms with Crippen molar-refractivity contribution in [3.05, 3.63) is 0 Å². The Kier molecular flexibility index (Phi) is 8.84. The Morgan fingerprint density at radius 2 is 2.00 bits per heavy atom. The molecule has 1 aliphatic heterocycles. The Balaban J connectivity index is 2.08.